The number of aliphatic hydroxyl groups excluding tert-OH is 1. The van der Waals surface area contributed by atoms with Gasteiger partial charge in [-0.25, -0.2) is 4.98 Å². The minimum atomic E-state index is -0.0507. The molecule has 0 aliphatic heterocycles. The molecular weight excluding hydrogens is 454 g/mol. The number of nitrogens with zero attached hydrogens (tertiary/aromatic N) is 5. The van der Waals surface area contributed by atoms with E-state index in [1.807, 2.05) is 72.2 Å². The van der Waals surface area contributed by atoms with Crippen LogP contribution in [0.15, 0.2) is 82.3 Å². The average Bonchev–Trinajstić information content (AvgIpc) is 3.56. The number of allylic oxidation sites excluding steroid dienone is 1. The number of nitriles is 1. The maximum atomic E-state index is 10.8. The molecule has 3 aromatic heterocycles. The van der Waals surface area contributed by atoms with E-state index in [9.17, 15) is 10.4 Å². The van der Waals surface area contributed by atoms with Crippen LogP contribution in [0.4, 0.5) is 0 Å². The molecule has 1 N–H and O–H groups in total. The number of para-hydroxylation sites is 2. The Balaban J connectivity index is 1.50. The van der Waals surface area contributed by atoms with Crippen LogP contribution in [0.5, 0.6) is 0 Å². The van der Waals surface area contributed by atoms with E-state index in [0.717, 1.165) is 27.2 Å². The van der Waals surface area contributed by atoms with Crippen LogP contribution in [0, 0.1) is 18.3 Å². The fourth-order valence-electron chi connectivity index (χ4n) is 3.38. The second-order valence-corrected chi connectivity index (χ2v) is 9.05. The zero-order valence-electron chi connectivity index (χ0n) is 17.5. The summed E-state index contributed by atoms with van der Waals surface area (Å²) in [5.74, 6) is 1.48. The van der Waals surface area contributed by atoms with Gasteiger partial charge in [-0.2, -0.15) is 5.26 Å². The zero-order valence-corrected chi connectivity index (χ0v) is 19.1. The summed E-state index contributed by atoms with van der Waals surface area (Å²) in [7, 11) is 0. The van der Waals surface area contributed by atoms with Crippen LogP contribution < -0.4 is 0 Å². The summed E-state index contributed by atoms with van der Waals surface area (Å²) in [4.78, 5) is 4.50. The highest BCUT2D eigenvalue weighted by Crippen LogP contribution is 2.33. The Hall–Kier alpha value is -3.87. The fraction of sp³-hybridized carbons (Fsp3) is 0.0833. The molecule has 0 aliphatic rings. The van der Waals surface area contributed by atoms with Gasteiger partial charge in [0.25, 0.3) is 0 Å². The number of aliphatic hydroxyl groups is 1. The Bertz CT molecular complexity index is 1480. The quantitative estimate of drug-likeness (QED) is 0.183. The van der Waals surface area contributed by atoms with Gasteiger partial charge in [-0.3, -0.25) is 4.57 Å². The monoisotopic (exact) mass is 471 g/mol. The van der Waals surface area contributed by atoms with E-state index in [2.05, 4.69) is 21.3 Å². The smallest absolute Gasteiger partial charge is 0.196 e. The first kappa shape index (κ1) is 21.0. The minimum absolute atomic E-state index is 0.0507. The lowest BCUT2D eigenvalue weighted by molar-refractivity contribution is 0.420. The van der Waals surface area contributed by atoms with Gasteiger partial charge >= 0.3 is 0 Å². The molecule has 0 aliphatic carbocycles. The molecule has 0 amide bonds. The molecule has 0 saturated carbocycles. The van der Waals surface area contributed by atoms with Gasteiger partial charge in [0.15, 0.2) is 11.0 Å². The van der Waals surface area contributed by atoms with Gasteiger partial charge in [-0.15, -0.1) is 21.5 Å². The van der Waals surface area contributed by atoms with E-state index in [1.165, 1.54) is 23.1 Å². The first-order chi connectivity index (χ1) is 16.2. The average molecular weight is 472 g/mol. The van der Waals surface area contributed by atoms with Crippen molar-refractivity contribution in [2.75, 3.05) is 5.75 Å². The maximum Gasteiger partial charge on any atom is 0.196 e. The van der Waals surface area contributed by atoms with Crippen molar-refractivity contribution in [3.8, 4) is 23.1 Å². The van der Waals surface area contributed by atoms with Crippen molar-refractivity contribution in [3.05, 3.63) is 83.5 Å². The van der Waals surface area contributed by atoms with E-state index >= 15 is 0 Å². The van der Waals surface area contributed by atoms with E-state index in [1.54, 1.807) is 6.26 Å². The molecule has 33 heavy (non-hydrogen) atoms. The highest BCUT2D eigenvalue weighted by molar-refractivity contribution is 7.99. The summed E-state index contributed by atoms with van der Waals surface area (Å²) in [6, 6.07) is 21.3. The molecule has 0 saturated heterocycles. The molecule has 0 bridgehead atoms. The normalized spacial score (nSPS) is 12.0. The van der Waals surface area contributed by atoms with E-state index in [-0.39, 0.29) is 17.1 Å². The van der Waals surface area contributed by atoms with Gasteiger partial charge in [0.2, 0.25) is 0 Å². The first-order valence-electron chi connectivity index (χ1n) is 10.0. The second kappa shape index (κ2) is 8.94. The molecule has 5 aromatic rings. The zero-order chi connectivity index (χ0) is 22.8. The highest BCUT2D eigenvalue weighted by Gasteiger charge is 2.20. The van der Waals surface area contributed by atoms with Gasteiger partial charge < -0.3 is 9.52 Å². The number of thiazole rings is 1. The van der Waals surface area contributed by atoms with Crippen LogP contribution in [-0.2, 0) is 0 Å². The van der Waals surface area contributed by atoms with Crippen molar-refractivity contribution in [1.82, 2.24) is 19.7 Å². The number of fused-ring (bicyclic) bond motifs is 1. The Kier molecular flexibility index (Phi) is 5.69. The predicted octanol–water partition coefficient (Wildman–Crippen LogP) is 6.03. The van der Waals surface area contributed by atoms with Gasteiger partial charge in [0.05, 0.1) is 27.8 Å². The molecule has 0 radical (unpaired) electrons. The van der Waals surface area contributed by atoms with Crippen LogP contribution >= 0.6 is 23.1 Å². The summed E-state index contributed by atoms with van der Waals surface area (Å²) < 4.78 is 8.34. The molecule has 9 heteroatoms. The highest BCUT2D eigenvalue weighted by atomic mass is 32.2. The fourth-order valence-corrected chi connectivity index (χ4v) is 5.20. The number of benzene rings is 2. The Morgan fingerprint density at radius 2 is 1.91 bits per heavy atom. The Morgan fingerprint density at radius 1 is 1.12 bits per heavy atom. The van der Waals surface area contributed by atoms with Gasteiger partial charge in [-0.1, -0.05) is 42.1 Å². The predicted molar refractivity (Wildman–Crippen MR) is 129 cm³/mol. The SMILES string of the molecule is Cc1occc1-c1nnc(SC/C(O)=C(\C#N)c2nc3ccccc3s2)n1-c1ccccc1. The Labute approximate surface area is 197 Å². The number of hydrogen-bond acceptors (Lipinski definition) is 8. The molecular formula is C24H17N5O2S2. The van der Waals surface area contributed by atoms with Crippen molar-refractivity contribution in [2.24, 2.45) is 0 Å². The lowest BCUT2D eigenvalue weighted by Gasteiger charge is -2.10. The molecule has 3 heterocycles. The first-order valence-corrected chi connectivity index (χ1v) is 11.8. The number of thioether (sulfide) groups is 1. The summed E-state index contributed by atoms with van der Waals surface area (Å²) >= 11 is 2.68. The molecule has 0 unspecified atom stereocenters. The molecule has 162 valence electrons. The number of hydrogen-bond donors (Lipinski definition) is 1. The summed E-state index contributed by atoms with van der Waals surface area (Å²) in [5, 5.41) is 30.3. The van der Waals surface area contributed by atoms with E-state index < -0.39 is 0 Å². The van der Waals surface area contributed by atoms with Crippen LogP contribution in [0.1, 0.15) is 10.8 Å². The van der Waals surface area contributed by atoms with Crippen LogP contribution in [0.3, 0.4) is 0 Å². The van der Waals surface area contributed by atoms with Crippen LogP contribution in [0.2, 0.25) is 0 Å². The topological polar surface area (TPSA) is 101 Å². The Morgan fingerprint density at radius 3 is 2.64 bits per heavy atom. The third-order valence-electron chi connectivity index (χ3n) is 4.99. The molecule has 0 fully saturated rings. The van der Waals surface area contributed by atoms with Crippen molar-refractivity contribution in [2.45, 2.75) is 12.1 Å². The molecule has 2 aromatic carbocycles. The number of aryl methyl sites for hydroxylation is 1. The minimum Gasteiger partial charge on any atom is -0.510 e. The van der Waals surface area contributed by atoms with Crippen molar-refractivity contribution in [3.63, 3.8) is 0 Å². The number of furan rings is 1. The van der Waals surface area contributed by atoms with Gasteiger partial charge in [0, 0.05) is 5.69 Å². The van der Waals surface area contributed by atoms with Crippen molar-refractivity contribution < 1.29 is 9.52 Å². The second-order valence-electron chi connectivity index (χ2n) is 7.08. The van der Waals surface area contributed by atoms with Crippen LogP contribution in [-0.4, -0.2) is 30.6 Å². The number of rotatable bonds is 6. The van der Waals surface area contributed by atoms with Crippen molar-refractivity contribution >= 4 is 38.9 Å². The lowest BCUT2D eigenvalue weighted by atomic mass is 10.2. The maximum absolute atomic E-state index is 10.8. The largest absolute Gasteiger partial charge is 0.510 e. The number of aromatic nitrogens is 4. The van der Waals surface area contributed by atoms with E-state index in [4.69, 9.17) is 4.42 Å². The summed E-state index contributed by atoms with van der Waals surface area (Å²) in [6.45, 7) is 1.87. The van der Waals surface area contributed by atoms with Crippen LogP contribution in [0.25, 0.3) is 32.9 Å². The third kappa shape index (κ3) is 4.02. The molecule has 0 atom stereocenters. The summed E-state index contributed by atoms with van der Waals surface area (Å²) in [6.07, 6.45) is 1.62. The molecule has 7 nitrogen and oxygen atoms in total. The van der Waals surface area contributed by atoms with Gasteiger partial charge in [0.1, 0.15) is 28.2 Å². The lowest BCUT2D eigenvalue weighted by Crippen LogP contribution is -2.01. The summed E-state index contributed by atoms with van der Waals surface area (Å²) in [5.41, 5.74) is 2.69. The molecule has 0 spiro atoms. The van der Waals surface area contributed by atoms with Gasteiger partial charge in [-0.05, 0) is 37.3 Å². The standard InChI is InChI=1S/C24H17N5O2S2/c1-15-17(11-12-31-15)22-27-28-24(29(22)16-7-3-2-4-8-16)32-14-20(30)18(13-25)23-26-19-9-5-6-10-21(19)33-23/h2-12,30H,14H2,1H3/b20-18-. The van der Waals surface area contributed by atoms with E-state index in [0.29, 0.717) is 16.0 Å². The third-order valence-corrected chi connectivity index (χ3v) is 6.99. The molecule has 5 rings (SSSR count). The van der Waals surface area contributed by atoms with Crippen molar-refractivity contribution in [1.29, 1.82) is 5.26 Å².